The molecule has 2 rings (SSSR count). The molecule has 7 heteroatoms. The molecule has 1 aromatic heterocycles. The molecule has 0 radical (unpaired) electrons. The van der Waals surface area contributed by atoms with Crippen LogP contribution < -0.4 is 10.6 Å². The van der Waals surface area contributed by atoms with Gasteiger partial charge in [0, 0.05) is 18.0 Å². The second kappa shape index (κ2) is 6.90. The van der Waals surface area contributed by atoms with Gasteiger partial charge in [-0.3, -0.25) is 9.59 Å². The van der Waals surface area contributed by atoms with Gasteiger partial charge in [-0.2, -0.15) is 0 Å². The number of rotatable bonds is 5. The average Bonchev–Trinajstić information content (AvgIpc) is 2.97. The number of hydrogen-bond donors (Lipinski definition) is 2. The van der Waals surface area contributed by atoms with Crippen LogP contribution in [0, 0.1) is 5.82 Å². The number of amides is 2. The standard InChI is InChI=1S/C14H12ClFN2O3/c15-9-3-4-10(16)11(8-9)18-13(19)5-6-17-14(20)12-2-1-7-21-12/h1-4,7-8H,5-6H2,(H,17,20)(H,18,19). The molecule has 0 bridgehead atoms. The highest BCUT2D eigenvalue weighted by molar-refractivity contribution is 6.30. The molecule has 1 aromatic carbocycles. The summed E-state index contributed by atoms with van der Waals surface area (Å²) in [5.41, 5.74) is 0.00450. The fourth-order valence-corrected chi connectivity index (χ4v) is 1.76. The fourth-order valence-electron chi connectivity index (χ4n) is 1.59. The maximum absolute atomic E-state index is 13.4. The van der Waals surface area contributed by atoms with Crippen molar-refractivity contribution in [1.29, 1.82) is 0 Å². The van der Waals surface area contributed by atoms with E-state index in [4.69, 9.17) is 16.0 Å². The first-order chi connectivity index (χ1) is 10.1. The summed E-state index contributed by atoms with van der Waals surface area (Å²) in [6, 6.07) is 6.96. The molecule has 0 saturated heterocycles. The molecule has 0 atom stereocenters. The molecule has 110 valence electrons. The monoisotopic (exact) mass is 310 g/mol. The van der Waals surface area contributed by atoms with Crippen molar-refractivity contribution in [3.05, 3.63) is 53.2 Å². The van der Waals surface area contributed by atoms with Crippen LogP contribution in [0.2, 0.25) is 5.02 Å². The Morgan fingerprint density at radius 3 is 2.81 bits per heavy atom. The summed E-state index contributed by atoms with van der Waals surface area (Å²) in [6.07, 6.45) is 1.38. The molecule has 5 nitrogen and oxygen atoms in total. The van der Waals surface area contributed by atoms with E-state index in [9.17, 15) is 14.0 Å². The lowest BCUT2D eigenvalue weighted by Crippen LogP contribution is -2.27. The molecule has 2 N–H and O–H groups in total. The first-order valence-corrected chi connectivity index (χ1v) is 6.50. The summed E-state index contributed by atoms with van der Waals surface area (Å²) in [7, 11) is 0. The highest BCUT2D eigenvalue weighted by atomic mass is 35.5. The largest absolute Gasteiger partial charge is 0.459 e. The SMILES string of the molecule is O=C(CCNC(=O)c1ccco1)Nc1cc(Cl)ccc1F. The minimum atomic E-state index is -0.577. The molecule has 0 aliphatic rings. The van der Waals surface area contributed by atoms with Gasteiger partial charge >= 0.3 is 0 Å². The van der Waals surface area contributed by atoms with Crippen LogP contribution in [-0.2, 0) is 4.79 Å². The van der Waals surface area contributed by atoms with Gasteiger partial charge in [0.1, 0.15) is 5.82 Å². The first kappa shape index (κ1) is 15.1. The zero-order valence-corrected chi connectivity index (χ0v) is 11.6. The summed E-state index contributed by atoms with van der Waals surface area (Å²) >= 11 is 5.72. The zero-order chi connectivity index (χ0) is 15.2. The highest BCUT2D eigenvalue weighted by Crippen LogP contribution is 2.19. The van der Waals surface area contributed by atoms with Crippen molar-refractivity contribution in [1.82, 2.24) is 5.32 Å². The van der Waals surface area contributed by atoms with Gasteiger partial charge in [-0.25, -0.2) is 4.39 Å². The van der Waals surface area contributed by atoms with Gasteiger partial charge in [0.05, 0.1) is 12.0 Å². The van der Waals surface area contributed by atoms with E-state index in [2.05, 4.69) is 10.6 Å². The van der Waals surface area contributed by atoms with Gasteiger partial charge in [-0.05, 0) is 30.3 Å². The number of halogens is 2. The predicted octanol–water partition coefficient (Wildman–Crippen LogP) is 2.83. The zero-order valence-electron chi connectivity index (χ0n) is 10.9. The smallest absolute Gasteiger partial charge is 0.286 e. The summed E-state index contributed by atoms with van der Waals surface area (Å²) in [6.45, 7) is 0.105. The average molecular weight is 311 g/mol. The van der Waals surface area contributed by atoms with Crippen LogP contribution in [0.25, 0.3) is 0 Å². The van der Waals surface area contributed by atoms with E-state index in [0.717, 1.165) is 6.07 Å². The molecule has 0 fully saturated rings. The minimum Gasteiger partial charge on any atom is -0.459 e. The first-order valence-electron chi connectivity index (χ1n) is 6.13. The molecule has 2 amide bonds. The molecule has 1 heterocycles. The number of carbonyl (C=O) groups is 2. The van der Waals surface area contributed by atoms with E-state index in [1.165, 1.54) is 24.5 Å². The lowest BCUT2D eigenvalue weighted by Gasteiger charge is -2.07. The number of nitrogens with one attached hydrogen (secondary N) is 2. The Morgan fingerprint density at radius 2 is 2.10 bits per heavy atom. The molecule has 0 aliphatic carbocycles. The van der Waals surface area contributed by atoms with Crippen LogP contribution in [0.4, 0.5) is 10.1 Å². The molecule has 2 aromatic rings. The number of benzene rings is 1. The number of furan rings is 1. The summed E-state index contributed by atoms with van der Waals surface area (Å²) in [5, 5.41) is 5.22. The third-order valence-corrected chi connectivity index (χ3v) is 2.82. The maximum atomic E-state index is 13.4. The van der Waals surface area contributed by atoms with Crippen LogP contribution in [0.5, 0.6) is 0 Å². The predicted molar refractivity (Wildman–Crippen MR) is 75.7 cm³/mol. The van der Waals surface area contributed by atoms with E-state index in [1.807, 2.05) is 0 Å². The summed E-state index contributed by atoms with van der Waals surface area (Å²) < 4.78 is 18.3. The highest BCUT2D eigenvalue weighted by Gasteiger charge is 2.10. The van der Waals surface area contributed by atoms with Crippen LogP contribution in [0.3, 0.4) is 0 Å². The fraction of sp³-hybridized carbons (Fsp3) is 0.143. The van der Waals surface area contributed by atoms with Crippen molar-refractivity contribution in [2.45, 2.75) is 6.42 Å². The van der Waals surface area contributed by atoms with Crippen LogP contribution in [-0.4, -0.2) is 18.4 Å². The van der Waals surface area contributed by atoms with Crippen LogP contribution in [0.1, 0.15) is 17.0 Å². The number of anilines is 1. The van der Waals surface area contributed by atoms with E-state index in [0.29, 0.717) is 5.02 Å². The number of hydrogen-bond acceptors (Lipinski definition) is 3. The summed E-state index contributed by atoms with van der Waals surface area (Å²) in [4.78, 5) is 23.2. The van der Waals surface area contributed by atoms with Crippen molar-refractivity contribution >= 4 is 29.1 Å². The molecule has 0 aliphatic heterocycles. The number of carbonyl (C=O) groups excluding carboxylic acids is 2. The Bertz CT molecular complexity index is 644. The Labute approximate surface area is 125 Å². The molecular weight excluding hydrogens is 299 g/mol. The van der Waals surface area contributed by atoms with Crippen molar-refractivity contribution in [2.75, 3.05) is 11.9 Å². The van der Waals surface area contributed by atoms with Gasteiger partial charge in [-0.15, -0.1) is 0 Å². The van der Waals surface area contributed by atoms with Gasteiger partial charge in [-0.1, -0.05) is 11.6 Å². The normalized spacial score (nSPS) is 10.2. The molecule has 0 unspecified atom stereocenters. The lowest BCUT2D eigenvalue weighted by atomic mass is 10.3. The minimum absolute atomic E-state index is 0.00159. The maximum Gasteiger partial charge on any atom is 0.286 e. The third-order valence-electron chi connectivity index (χ3n) is 2.59. The molecule has 0 spiro atoms. The second-order valence-electron chi connectivity index (χ2n) is 4.16. The van der Waals surface area contributed by atoms with Gasteiger partial charge in [0.25, 0.3) is 5.91 Å². The van der Waals surface area contributed by atoms with Crippen LogP contribution >= 0.6 is 11.6 Å². The Kier molecular flexibility index (Phi) is 4.94. The van der Waals surface area contributed by atoms with Crippen LogP contribution in [0.15, 0.2) is 41.0 Å². The van der Waals surface area contributed by atoms with Gasteiger partial charge in [0.2, 0.25) is 5.91 Å². The lowest BCUT2D eigenvalue weighted by molar-refractivity contribution is -0.116. The van der Waals surface area contributed by atoms with Crippen molar-refractivity contribution < 1.29 is 18.4 Å². The Balaban J connectivity index is 1.80. The van der Waals surface area contributed by atoms with E-state index in [-0.39, 0.29) is 24.4 Å². The molecular formula is C14H12ClFN2O3. The molecule has 0 saturated carbocycles. The van der Waals surface area contributed by atoms with Gasteiger partial charge in [0.15, 0.2) is 5.76 Å². The van der Waals surface area contributed by atoms with Crippen molar-refractivity contribution in [3.8, 4) is 0 Å². The topological polar surface area (TPSA) is 71.3 Å². The second-order valence-corrected chi connectivity index (χ2v) is 4.59. The Hall–Kier alpha value is -2.34. The molecule has 21 heavy (non-hydrogen) atoms. The summed E-state index contributed by atoms with van der Waals surface area (Å²) in [5.74, 6) is -1.26. The van der Waals surface area contributed by atoms with Crippen molar-refractivity contribution in [3.63, 3.8) is 0 Å². The Morgan fingerprint density at radius 1 is 1.29 bits per heavy atom. The van der Waals surface area contributed by atoms with Crippen molar-refractivity contribution in [2.24, 2.45) is 0 Å². The quantitative estimate of drug-likeness (QED) is 0.892. The van der Waals surface area contributed by atoms with E-state index >= 15 is 0 Å². The van der Waals surface area contributed by atoms with E-state index < -0.39 is 17.6 Å². The third kappa shape index (κ3) is 4.32. The van der Waals surface area contributed by atoms with E-state index in [1.54, 1.807) is 6.07 Å². The van der Waals surface area contributed by atoms with Gasteiger partial charge < -0.3 is 15.1 Å².